The van der Waals surface area contributed by atoms with E-state index in [0.29, 0.717) is 22.2 Å². The second-order valence-corrected chi connectivity index (χ2v) is 7.72. The van der Waals surface area contributed by atoms with Crippen LogP contribution in [0, 0.1) is 10.1 Å². The zero-order valence-electron chi connectivity index (χ0n) is 17.7. The molecule has 0 saturated carbocycles. The number of nitrogens with zero attached hydrogens (tertiary/aromatic N) is 3. The molecule has 0 bridgehead atoms. The number of benzene rings is 3. The predicted octanol–water partition coefficient (Wildman–Crippen LogP) is 5.75. The first-order chi connectivity index (χ1) is 16.1. The molecule has 0 aliphatic rings. The van der Waals surface area contributed by atoms with E-state index in [4.69, 9.17) is 9.47 Å². The van der Waals surface area contributed by atoms with Crippen LogP contribution in [0.2, 0.25) is 0 Å². The van der Waals surface area contributed by atoms with E-state index in [9.17, 15) is 10.1 Å². The number of hydrogen-bond donors (Lipinski definition) is 1. The van der Waals surface area contributed by atoms with Gasteiger partial charge in [-0.15, -0.1) is 11.3 Å². The van der Waals surface area contributed by atoms with Gasteiger partial charge in [-0.1, -0.05) is 42.5 Å². The number of anilines is 1. The highest BCUT2D eigenvalue weighted by atomic mass is 32.1. The van der Waals surface area contributed by atoms with Crippen LogP contribution in [0.25, 0.3) is 11.3 Å². The van der Waals surface area contributed by atoms with Gasteiger partial charge in [-0.25, -0.2) is 4.98 Å². The topological polar surface area (TPSA) is 98.9 Å². The molecular formula is C24H20N4O4S. The predicted molar refractivity (Wildman–Crippen MR) is 129 cm³/mol. The molecule has 0 radical (unpaired) electrons. The second-order valence-electron chi connectivity index (χ2n) is 6.86. The lowest BCUT2D eigenvalue weighted by Crippen LogP contribution is -2.02. The van der Waals surface area contributed by atoms with Gasteiger partial charge in [-0.2, -0.15) is 5.10 Å². The molecule has 0 aliphatic carbocycles. The Morgan fingerprint density at radius 1 is 1.09 bits per heavy atom. The average molecular weight is 461 g/mol. The molecule has 0 unspecified atom stereocenters. The molecule has 0 amide bonds. The number of nitrogens with one attached hydrogen (secondary N) is 1. The molecule has 9 heteroatoms. The van der Waals surface area contributed by atoms with Crippen LogP contribution < -0.4 is 14.9 Å². The summed E-state index contributed by atoms with van der Waals surface area (Å²) in [7, 11) is 1.53. The fraction of sp³-hybridized carbons (Fsp3) is 0.0833. The lowest BCUT2D eigenvalue weighted by molar-refractivity contribution is -0.385. The van der Waals surface area contributed by atoms with Crippen molar-refractivity contribution in [2.45, 2.75) is 6.61 Å². The smallest absolute Gasteiger partial charge is 0.276 e. The third kappa shape index (κ3) is 5.52. The Bertz CT molecular complexity index is 1270. The highest BCUT2D eigenvalue weighted by Gasteiger charge is 2.14. The molecule has 8 nitrogen and oxygen atoms in total. The van der Waals surface area contributed by atoms with E-state index in [1.165, 1.54) is 24.5 Å². The fourth-order valence-corrected chi connectivity index (χ4v) is 3.75. The summed E-state index contributed by atoms with van der Waals surface area (Å²) >= 11 is 1.47. The van der Waals surface area contributed by atoms with Gasteiger partial charge in [-0.3, -0.25) is 15.5 Å². The molecule has 166 valence electrons. The number of methoxy groups -OCH3 is 1. The van der Waals surface area contributed by atoms with Gasteiger partial charge < -0.3 is 9.47 Å². The monoisotopic (exact) mass is 460 g/mol. The molecule has 4 rings (SSSR count). The molecule has 1 N–H and O–H groups in total. The van der Waals surface area contributed by atoms with Crippen molar-refractivity contribution in [2.24, 2.45) is 5.10 Å². The van der Waals surface area contributed by atoms with Crippen LogP contribution in [0.3, 0.4) is 0 Å². The second kappa shape index (κ2) is 10.4. The maximum atomic E-state index is 11.2. The summed E-state index contributed by atoms with van der Waals surface area (Å²) in [4.78, 5) is 15.3. The van der Waals surface area contributed by atoms with Crippen LogP contribution in [-0.2, 0) is 6.61 Å². The Hall–Kier alpha value is -4.24. The lowest BCUT2D eigenvalue weighted by atomic mass is 10.2. The van der Waals surface area contributed by atoms with Crippen LogP contribution in [0.4, 0.5) is 10.8 Å². The molecule has 4 aromatic rings. The van der Waals surface area contributed by atoms with Crippen molar-refractivity contribution in [3.63, 3.8) is 0 Å². The lowest BCUT2D eigenvalue weighted by Gasteiger charge is -2.11. The van der Waals surface area contributed by atoms with Gasteiger partial charge in [0.1, 0.15) is 6.61 Å². The molecule has 1 aromatic heterocycles. The van der Waals surface area contributed by atoms with E-state index in [0.717, 1.165) is 16.8 Å². The fourth-order valence-electron chi connectivity index (χ4n) is 3.08. The summed E-state index contributed by atoms with van der Waals surface area (Å²) < 4.78 is 11.2. The largest absolute Gasteiger partial charge is 0.493 e. The number of hydrazone groups is 1. The van der Waals surface area contributed by atoms with Crippen molar-refractivity contribution in [2.75, 3.05) is 12.5 Å². The van der Waals surface area contributed by atoms with Gasteiger partial charge in [-0.05, 0) is 29.8 Å². The van der Waals surface area contributed by atoms with Gasteiger partial charge in [0.05, 0.1) is 29.5 Å². The standard InChI is InChI=1S/C24H20N4O4S/c1-31-23-13-17(11-12-22(23)32-15-19-9-5-6-10-21(19)28(29)30)14-25-27-24-26-20(16-33-24)18-7-3-2-4-8-18/h2-14,16H,15H2,1H3,(H,26,27). The van der Waals surface area contributed by atoms with Crippen molar-refractivity contribution in [3.8, 4) is 22.8 Å². The van der Waals surface area contributed by atoms with Gasteiger partial charge in [0.25, 0.3) is 5.69 Å². The molecule has 0 fully saturated rings. The molecule has 0 spiro atoms. The molecule has 3 aromatic carbocycles. The maximum Gasteiger partial charge on any atom is 0.276 e. The van der Waals surface area contributed by atoms with Crippen molar-refractivity contribution < 1.29 is 14.4 Å². The third-order valence-electron chi connectivity index (χ3n) is 4.71. The number of nitro groups is 1. The Kier molecular flexibility index (Phi) is 6.91. The average Bonchev–Trinajstić information content (AvgIpc) is 3.32. The zero-order chi connectivity index (χ0) is 23.0. The van der Waals surface area contributed by atoms with E-state index >= 15 is 0 Å². The SMILES string of the molecule is COc1cc(C=NNc2nc(-c3ccccc3)cs2)ccc1OCc1ccccc1[N+](=O)[O-]. The first kappa shape index (κ1) is 22.0. The highest BCUT2D eigenvalue weighted by molar-refractivity contribution is 7.14. The van der Waals surface area contributed by atoms with Crippen LogP contribution in [0.15, 0.2) is 83.3 Å². The molecule has 1 heterocycles. The van der Waals surface area contributed by atoms with Crippen molar-refractivity contribution in [1.29, 1.82) is 0 Å². The molecule has 33 heavy (non-hydrogen) atoms. The highest BCUT2D eigenvalue weighted by Crippen LogP contribution is 2.30. The van der Waals surface area contributed by atoms with Crippen molar-refractivity contribution in [1.82, 2.24) is 4.98 Å². The number of para-hydroxylation sites is 1. The van der Waals surface area contributed by atoms with Gasteiger partial charge in [0, 0.05) is 17.0 Å². The van der Waals surface area contributed by atoms with Crippen LogP contribution in [0.1, 0.15) is 11.1 Å². The molecule has 0 aliphatic heterocycles. The van der Waals surface area contributed by atoms with Gasteiger partial charge in [0.15, 0.2) is 11.5 Å². The Balaban J connectivity index is 1.40. The summed E-state index contributed by atoms with van der Waals surface area (Å²) in [6, 6.07) is 21.7. The zero-order valence-corrected chi connectivity index (χ0v) is 18.5. The quantitative estimate of drug-likeness (QED) is 0.194. The summed E-state index contributed by atoms with van der Waals surface area (Å²) in [5.41, 5.74) is 6.17. The van der Waals surface area contributed by atoms with Crippen LogP contribution in [-0.4, -0.2) is 23.2 Å². The van der Waals surface area contributed by atoms with Gasteiger partial charge >= 0.3 is 0 Å². The molecule has 0 saturated heterocycles. The maximum absolute atomic E-state index is 11.2. The minimum atomic E-state index is -0.423. The molecular weight excluding hydrogens is 440 g/mol. The van der Waals surface area contributed by atoms with E-state index < -0.39 is 4.92 Å². The van der Waals surface area contributed by atoms with Crippen LogP contribution in [0.5, 0.6) is 11.5 Å². The van der Waals surface area contributed by atoms with E-state index in [2.05, 4.69) is 15.5 Å². The minimum absolute atomic E-state index is 0.0175. The van der Waals surface area contributed by atoms with Crippen LogP contribution >= 0.6 is 11.3 Å². The Morgan fingerprint density at radius 3 is 2.67 bits per heavy atom. The van der Waals surface area contributed by atoms with E-state index in [1.807, 2.05) is 41.8 Å². The number of hydrogen-bond acceptors (Lipinski definition) is 8. The third-order valence-corrected chi connectivity index (χ3v) is 5.45. The van der Waals surface area contributed by atoms with E-state index in [-0.39, 0.29) is 12.3 Å². The van der Waals surface area contributed by atoms with Gasteiger partial charge in [0.2, 0.25) is 5.13 Å². The van der Waals surface area contributed by atoms with Crippen molar-refractivity contribution >= 4 is 28.4 Å². The number of rotatable bonds is 9. The number of ether oxygens (including phenoxy) is 2. The van der Waals surface area contributed by atoms with E-state index in [1.54, 1.807) is 36.5 Å². The Labute approximate surface area is 194 Å². The minimum Gasteiger partial charge on any atom is -0.493 e. The number of aromatic nitrogens is 1. The summed E-state index contributed by atoms with van der Waals surface area (Å²) in [6.45, 7) is 0.0519. The van der Waals surface area contributed by atoms with Crippen molar-refractivity contribution in [3.05, 3.63) is 99.4 Å². The summed E-state index contributed by atoms with van der Waals surface area (Å²) in [6.07, 6.45) is 1.65. The molecule has 0 atom stereocenters. The summed E-state index contributed by atoms with van der Waals surface area (Å²) in [5.74, 6) is 0.978. The first-order valence-corrected chi connectivity index (χ1v) is 10.8. The number of thiazole rings is 1. The summed E-state index contributed by atoms with van der Waals surface area (Å²) in [5, 5.41) is 18.1. The normalized spacial score (nSPS) is 10.8. The first-order valence-electron chi connectivity index (χ1n) is 9.97. The Morgan fingerprint density at radius 2 is 1.88 bits per heavy atom. The number of nitro benzene ring substituents is 1.